The molecular formula is C12H16N2O4S. The van der Waals surface area contributed by atoms with Crippen LogP contribution in [0.5, 0.6) is 0 Å². The van der Waals surface area contributed by atoms with Gasteiger partial charge in [-0.2, -0.15) is 0 Å². The zero-order valence-electron chi connectivity index (χ0n) is 10.4. The second-order valence-electron chi connectivity index (χ2n) is 5.32. The molecule has 0 bridgehead atoms. The Morgan fingerprint density at radius 2 is 2.21 bits per heavy atom. The molecule has 2 atom stereocenters. The molecule has 0 radical (unpaired) electrons. The maximum absolute atomic E-state index is 11.6. The third-order valence-electron chi connectivity index (χ3n) is 4.01. The summed E-state index contributed by atoms with van der Waals surface area (Å²) >= 11 is 0. The van der Waals surface area contributed by atoms with Gasteiger partial charge in [0.1, 0.15) is 11.9 Å². The van der Waals surface area contributed by atoms with Crippen LogP contribution in [0.4, 0.5) is 0 Å². The van der Waals surface area contributed by atoms with Gasteiger partial charge in [-0.1, -0.05) is 0 Å². The summed E-state index contributed by atoms with van der Waals surface area (Å²) in [5, 5.41) is 9.31. The Morgan fingerprint density at radius 1 is 1.42 bits per heavy atom. The molecule has 1 aromatic rings. The molecule has 0 aromatic carbocycles. The van der Waals surface area contributed by atoms with E-state index in [0.29, 0.717) is 18.7 Å². The summed E-state index contributed by atoms with van der Waals surface area (Å²) in [4.78, 5) is 15.7. The van der Waals surface area contributed by atoms with Crippen molar-refractivity contribution in [2.24, 2.45) is 0 Å². The molecule has 3 heterocycles. The molecular weight excluding hydrogens is 268 g/mol. The molecule has 6 nitrogen and oxygen atoms in total. The lowest BCUT2D eigenvalue weighted by atomic mass is 10.0. The van der Waals surface area contributed by atoms with Crippen LogP contribution in [-0.4, -0.2) is 40.6 Å². The van der Waals surface area contributed by atoms with Gasteiger partial charge in [0.15, 0.2) is 9.84 Å². The predicted octanol–water partition coefficient (Wildman–Crippen LogP) is 0.747. The molecule has 1 N–H and O–H groups in total. The van der Waals surface area contributed by atoms with E-state index in [1.807, 2.05) is 0 Å². The number of imidazole rings is 1. The lowest BCUT2D eigenvalue weighted by Gasteiger charge is -2.25. The minimum atomic E-state index is -2.99. The molecule has 0 amide bonds. The van der Waals surface area contributed by atoms with Crippen molar-refractivity contribution in [1.29, 1.82) is 0 Å². The minimum absolute atomic E-state index is 0.0930. The van der Waals surface area contributed by atoms with E-state index in [0.717, 1.165) is 18.5 Å². The zero-order valence-corrected chi connectivity index (χ0v) is 11.3. The van der Waals surface area contributed by atoms with Crippen LogP contribution in [-0.2, 0) is 21.1 Å². The van der Waals surface area contributed by atoms with E-state index in [1.54, 1.807) is 10.8 Å². The first kappa shape index (κ1) is 12.7. The highest BCUT2D eigenvalue weighted by Gasteiger charge is 2.36. The van der Waals surface area contributed by atoms with Gasteiger partial charge in [-0.25, -0.2) is 18.2 Å². The van der Waals surface area contributed by atoms with Gasteiger partial charge in [0, 0.05) is 17.8 Å². The van der Waals surface area contributed by atoms with Crippen molar-refractivity contribution in [2.75, 3.05) is 11.5 Å². The number of carboxylic acid groups (broad SMARTS) is 1. The van der Waals surface area contributed by atoms with Crippen LogP contribution in [0.2, 0.25) is 0 Å². The normalized spacial score (nSPS) is 29.1. The van der Waals surface area contributed by atoms with Gasteiger partial charge in [-0.05, 0) is 25.7 Å². The number of aliphatic carboxylic acids is 1. The fraction of sp³-hybridized carbons (Fsp3) is 0.667. The summed E-state index contributed by atoms with van der Waals surface area (Å²) in [5.74, 6) is -0.101. The molecule has 0 spiro atoms. The van der Waals surface area contributed by atoms with E-state index < -0.39 is 21.8 Å². The third kappa shape index (κ3) is 2.16. The molecule has 0 saturated carbocycles. The molecule has 1 saturated heterocycles. The van der Waals surface area contributed by atoms with Crippen LogP contribution in [0, 0.1) is 0 Å². The van der Waals surface area contributed by atoms with E-state index in [9.17, 15) is 18.3 Å². The van der Waals surface area contributed by atoms with Crippen molar-refractivity contribution >= 4 is 15.8 Å². The number of carboxylic acids is 1. The van der Waals surface area contributed by atoms with Crippen molar-refractivity contribution in [3.05, 3.63) is 17.7 Å². The smallest absolute Gasteiger partial charge is 0.326 e. The fourth-order valence-corrected chi connectivity index (χ4v) is 4.84. The standard InChI is InChI=1S/C12H16N2O4S/c15-12(16)10-3-1-2-9-6-13-11(14(9)10)8-4-5-19(17,18)7-8/h6,8,10H,1-5,7H2,(H,15,16). The van der Waals surface area contributed by atoms with Gasteiger partial charge < -0.3 is 9.67 Å². The summed E-state index contributed by atoms with van der Waals surface area (Å²) in [6.07, 6.45) is 4.49. The molecule has 2 unspecified atom stereocenters. The average molecular weight is 284 g/mol. The van der Waals surface area contributed by atoms with Crippen LogP contribution < -0.4 is 0 Å². The van der Waals surface area contributed by atoms with E-state index in [1.165, 1.54) is 0 Å². The molecule has 1 fully saturated rings. The Kier molecular flexibility index (Phi) is 2.88. The Hall–Kier alpha value is -1.37. The summed E-state index contributed by atoms with van der Waals surface area (Å²) < 4.78 is 24.9. The van der Waals surface area contributed by atoms with Crippen LogP contribution >= 0.6 is 0 Å². The molecule has 104 valence electrons. The summed E-state index contributed by atoms with van der Waals surface area (Å²) in [5.41, 5.74) is 0.915. The number of hydrogen-bond donors (Lipinski definition) is 1. The number of sulfone groups is 1. The third-order valence-corrected chi connectivity index (χ3v) is 5.77. The SMILES string of the molecule is O=C(O)C1CCCc2cnc(C3CCS(=O)(=O)C3)n21. The highest BCUT2D eigenvalue weighted by Crippen LogP contribution is 2.34. The lowest BCUT2D eigenvalue weighted by molar-refractivity contribution is -0.141. The molecule has 1 aromatic heterocycles. The van der Waals surface area contributed by atoms with Crippen LogP contribution in [0.3, 0.4) is 0 Å². The van der Waals surface area contributed by atoms with E-state index in [-0.39, 0.29) is 17.4 Å². The van der Waals surface area contributed by atoms with Crippen molar-refractivity contribution in [3.8, 4) is 0 Å². The Balaban J connectivity index is 2.00. The summed E-state index contributed by atoms with van der Waals surface area (Å²) in [6.45, 7) is 0. The molecule has 2 aliphatic heterocycles. The number of rotatable bonds is 2. The van der Waals surface area contributed by atoms with Gasteiger partial charge >= 0.3 is 5.97 Å². The summed E-state index contributed by atoms with van der Waals surface area (Å²) in [7, 11) is -2.99. The van der Waals surface area contributed by atoms with Gasteiger partial charge in [0.25, 0.3) is 0 Å². The van der Waals surface area contributed by atoms with Crippen molar-refractivity contribution in [1.82, 2.24) is 9.55 Å². The van der Waals surface area contributed by atoms with Gasteiger partial charge in [-0.15, -0.1) is 0 Å². The van der Waals surface area contributed by atoms with E-state index in [4.69, 9.17) is 0 Å². The zero-order chi connectivity index (χ0) is 13.6. The Morgan fingerprint density at radius 3 is 2.84 bits per heavy atom. The van der Waals surface area contributed by atoms with Crippen molar-refractivity contribution in [2.45, 2.75) is 37.6 Å². The van der Waals surface area contributed by atoms with E-state index >= 15 is 0 Å². The highest BCUT2D eigenvalue weighted by atomic mass is 32.2. The number of carbonyl (C=O) groups is 1. The molecule has 2 aliphatic rings. The average Bonchev–Trinajstić information content (AvgIpc) is 2.91. The first-order valence-electron chi connectivity index (χ1n) is 6.47. The molecule has 3 rings (SSSR count). The predicted molar refractivity (Wildman–Crippen MR) is 67.8 cm³/mol. The number of aromatic nitrogens is 2. The lowest BCUT2D eigenvalue weighted by Crippen LogP contribution is -2.27. The van der Waals surface area contributed by atoms with Crippen molar-refractivity contribution < 1.29 is 18.3 Å². The topological polar surface area (TPSA) is 89.3 Å². The monoisotopic (exact) mass is 284 g/mol. The van der Waals surface area contributed by atoms with E-state index in [2.05, 4.69) is 4.98 Å². The second-order valence-corrected chi connectivity index (χ2v) is 7.55. The summed E-state index contributed by atoms with van der Waals surface area (Å²) in [6, 6.07) is -0.593. The van der Waals surface area contributed by atoms with Crippen molar-refractivity contribution in [3.63, 3.8) is 0 Å². The Bertz CT molecular complexity index is 620. The Labute approximate surface area is 111 Å². The highest BCUT2D eigenvalue weighted by molar-refractivity contribution is 7.91. The number of hydrogen-bond acceptors (Lipinski definition) is 4. The van der Waals surface area contributed by atoms with Gasteiger partial charge in [0.05, 0.1) is 11.5 Å². The number of nitrogens with zero attached hydrogens (tertiary/aromatic N) is 2. The maximum Gasteiger partial charge on any atom is 0.326 e. The number of aryl methyl sites for hydroxylation is 1. The first-order chi connectivity index (χ1) is 8.98. The van der Waals surface area contributed by atoms with Gasteiger partial charge in [0.2, 0.25) is 0 Å². The quantitative estimate of drug-likeness (QED) is 0.865. The largest absolute Gasteiger partial charge is 0.480 e. The van der Waals surface area contributed by atoms with Gasteiger partial charge in [-0.3, -0.25) is 0 Å². The fourth-order valence-electron chi connectivity index (χ4n) is 3.10. The molecule has 19 heavy (non-hydrogen) atoms. The molecule has 7 heteroatoms. The van der Waals surface area contributed by atoms with Crippen LogP contribution in [0.15, 0.2) is 6.20 Å². The van der Waals surface area contributed by atoms with Crippen LogP contribution in [0.25, 0.3) is 0 Å². The number of fused-ring (bicyclic) bond motifs is 1. The molecule has 0 aliphatic carbocycles. The first-order valence-corrected chi connectivity index (χ1v) is 8.29. The minimum Gasteiger partial charge on any atom is -0.480 e. The maximum atomic E-state index is 11.6. The van der Waals surface area contributed by atoms with Crippen LogP contribution in [0.1, 0.15) is 42.7 Å². The second kappa shape index (κ2) is 4.33.